The first kappa shape index (κ1) is 16.0. The Kier molecular flexibility index (Phi) is 5.10. The van der Waals surface area contributed by atoms with Crippen molar-refractivity contribution >= 4 is 17.7 Å². The van der Waals surface area contributed by atoms with E-state index in [1.807, 2.05) is 13.8 Å². The van der Waals surface area contributed by atoms with Gasteiger partial charge in [0.05, 0.1) is 23.4 Å². The van der Waals surface area contributed by atoms with Gasteiger partial charge in [0.2, 0.25) is 0 Å². The third-order valence-electron chi connectivity index (χ3n) is 2.75. The number of hydrogen-bond acceptors (Lipinski definition) is 3. The summed E-state index contributed by atoms with van der Waals surface area (Å²) in [4.78, 5) is 24.6. The van der Waals surface area contributed by atoms with Gasteiger partial charge in [0.15, 0.2) is 0 Å². The lowest BCUT2D eigenvalue weighted by Gasteiger charge is -2.29. The summed E-state index contributed by atoms with van der Waals surface area (Å²) < 4.78 is 5.03. The highest BCUT2D eigenvalue weighted by Crippen LogP contribution is 2.19. The average Bonchev–Trinajstić information content (AvgIpc) is 2.37. The van der Waals surface area contributed by atoms with Crippen LogP contribution in [-0.2, 0) is 4.74 Å². The van der Waals surface area contributed by atoms with Crippen LogP contribution in [0.15, 0.2) is 24.3 Å². The molecule has 2 amide bonds. The molecule has 1 aromatic rings. The largest absolute Gasteiger partial charge is 0.478 e. The topological polar surface area (TPSA) is 78.9 Å². The lowest BCUT2D eigenvalue weighted by Crippen LogP contribution is -2.51. The summed E-state index contributed by atoms with van der Waals surface area (Å²) in [5.74, 6) is -1.07. The molecule has 0 unspecified atom stereocenters. The Labute approximate surface area is 118 Å². The van der Waals surface area contributed by atoms with E-state index in [2.05, 4.69) is 5.32 Å². The second-order valence-electron chi connectivity index (χ2n) is 5.13. The smallest absolute Gasteiger partial charge is 0.337 e. The number of hydrogen-bond donors (Lipinski definition) is 2. The summed E-state index contributed by atoms with van der Waals surface area (Å²) in [5.41, 5.74) is -0.126. The van der Waals surface area contributed by atoms with E-state index in [1.165, 1.54) is 18.0 Å². The van der Waals surface area contributed by atoms with Crippen molar-refractivity contribution in [2.45, 2.75) is 19.4 Å². The number of para-hydroxylation sites is 1. The SMILES string of the molecule is COCC(C)(C)NC(=O)N(C)c1ccccc1C(=O)O. The maximum Gasteiger partial charge on any atom is 0.337 e. The standard InChI is InChI=1S/C14H20N2O4/c1-14(2,9-20-4)15-13(19)16(3)11-8-6-5-7-10(11)12(17)18/h5-8H,9H2,1-4H3,(H,15,19)(H,17,18). The van der Waals surface area contributed by atoms with Gasteiger partial charge in [0.1, 0.15) is 0 Å². The van der Waals surface area contributed by atoms with Crippen molar-refractivity contribution in [2.75, 3.05) is 25.7 Å². The van der Waals surface area contributed by atoms with Gasteiger partial charge in [0, 0.05) is 14.2 Å². The van der Waals surface area contributed by atoms with Gasteiger partial charge in [-0.3, -0.25) is 4.90 Å². The number of nitrogens with one attached hydrogen (secondary N) is 1. The summed E-state index contributed by atoms with van der Waals surface area (Å²) in [6.45, 7) is 4.00. The summed E-state index contributed by atoms with van der Waals surface area (Å²) in [6, 6.07) is 5.97. The van der Waals surface area contributed by atoms with Crippen LogP contribution in [0.3, 0.4) is 0 Å². The van der Waals surface area contributed by atoms with Crippen LogP contribution in [0.1, 0.15) is 24.2 Å². The number of urea groups is 1. The van der Waals surface area contributed by atoms with Crippen molar-refractivity contribution in [2.24, 2.45) is 0 Å². The molecule has 110 valence electrons. The number of carbonyl (C=O) groups is 2. The molecule has 0 aliphatic heterocycles. The van der Waals surface area contributed by atoms with Gasteiger partial charge in [-0.15, -0.1) is 0 Å². The number of amides is 2. The molecule has 0 saturated carbocycles. The third-order valence-corrected chi connectivity index (χ3v) is 2.75. The summed E-state index contributed by atoms with van der Waals surface area (Å²) in [6.07, 6.45) is 0. The molecule has 0 saturated heterocycles. The van der Waals surface area contributed by atoms with Gasteiger partial charge in [-0.25, -0.2) is 9.59 Å². The second kappa shape index (κ2) is 6.38. The molecule has 0 bridgehead atoms. The highest BCUT2D eigenvalue weighted by Gasteiger charge is 2.24. The highest BCUT2D eigenvalue weighted by atomic mass is 16.5. The Morgan fingerprint density at radius 3 is 2.50 bits per heavy atom. The van der Waals surface area contributed by atoms with Crippen molar-refractivity contribution in [1.29, 1.82) is 0 Å². The van der Waals surface area contributed by atoms with Crippen molar-refractivity contribution in [3.05, 3.63) is 29.8 Å². The van der Waals surface area contributed by atoms with E-state index in [1.54, 1.807) is 25.3 Å². The normalized spacial score (nSPS) is 11.0. The number of carbonyl (C=O) groups excluding carboxylic acids is 1. The number of rotatable bonds is 5. The molecule has 1 rings (SSSR count). The number of ether oxygens (including phenoxy) is 1. The first-order chi connectivity index (χ1) is 9.28. The highest BCUT2D eigenvalue weighted by molar-refractivity contribution is 6.01. The quantitative estimate of drug-likeness (QED) is 0.864. The Hall–Kier alpha value is -2.08. The number of benzene rings is 1. The zero-order chi connectivity index (χ0) is 15.3. The van der Waals surface area contributed by atoms with Crippen molar-refractivity contribution in [1.82, 2.24) is 5.32 Å². The molecule has 0 spiro atoms. The molecule has 2 N–H and O–H groups in total. The van der Waals surface area contributed by atoms with Gasteiger partial charge in [-0.2, -0.15) is 0 Å². The van der Waals surface area contributed by atoms with Crippen LogP contribution in [0.25, 0.3) is 0 Å². The lowest BCUT2D eigenvalue weighted by atomic mass is 10.1. The number of carboxylic acid groups (broad SMARTS) is 1. The van der Waals surface area contributed by atoms with Crippen molar-refractivity contribution in [3.8, 4) is 0 Å². The summed E-state index contributed by atoms with van der Waals surface area (Å²) in [5, 5.41) is 11.9. The molecule has 6 heteroatoms. The molecule has 6 nitrogen and oxygen atoms in total. The number of nitrogens with zero attached hydrogens (tertiary/aromatic N) is 1. The lowest BCUT2D eigenvalue weighted by molar-refractivity contribution is 0.0697. The number of anilines is 1. The Morgan fingerprint density at radius 1 is 1.35 bits per heavy atom. The molecule has 20 heavy (non-hydrogen) atoms. The fraction of sp³-hybridized carbons (Fsp3) is 0.429. The van der Waals surface area contributed by atoms with E-state index in [0.717, 1.165) is 0 Å². The predicted molar refractivity (Wildman–Crippen MR) is 76.3 cm³/mol. The first-order valence-electron chi connectivity index (χ1n) is 6.15. The molecule has 0 aromatic heterocycles. The van der Waals surface area contributed by atoms with Gasteiger partial charge >= 0.3 is 12.0 Å². The van der Waals surface area contributed by atoms with Crippen LogP contribution >= 0.6 is 0 Å². The van der Waals surface area contributed by atoms with Gasteiger partial charge in [0.25, 0.3) is 0 Å². The van der Waals surface area contributed by atoms with Crippen LogP contribution in [0.5, 0.6) is 0 Å². The van der Waals surface area contributed by atoms with E-state index in [4.69, 9.17) is 9.84 Å². The second-order valence-corrected chi connectivity index (χ2v) is 5.13. The van der Waals surface area contributed by atoms with E-state index in [-0.39, 0.29) is 11.6 Å². The number of methoxy groups -OCH3 is 1. The first-order valence-corrected chi connectivity index (χ1v) is 6.15. The summed E-state index contributed by atoms with van der Waals surface area (Å²) >= 11 is 0. The van der Waals surface area contributed by atoms with Gasteiger partial charge in [-0.1, -0.05) is 12.1 Å². The molecule has 0 aliphatic carbocycles. The molecule has 0 radical (unpaired) electrons. The zero-order valence-corrected chi connectivity index (χ0v) is 12.1. The fourth-order valence-corrected chi connectivity index (χ4v) is 1.83. The van der Waals surface area contributed by atoms with Crippen LogP contribution in [0.4, 0.5) is 10.5 Å². The van der Waals surface area contributed by atoms with E-state index in [9.17, 15) is 9.59 Å². The Balaban J connectivity index is 2.93. The molecule has 0 atom stereocenters. The van der Waals surface area contributed by atoms with Crippen molar-refractivity contribution < 1.29 is 19.4 Å². The number of aromatic carboxylic acids is 1. The summed E-state index contributed by atoms with van der Waals surface area (Å²) in [7, 11) is 3.08. The molecule has 0 aliphatic rings. The molecular weight excluding hydrogens is 260 g/mol. The Morgan fingerprint density at radius 2 is 1.95 bits per heavy atom. The average molecular weight is 280 g/mol. The molecular formula is C14H20N2O4. The van der Waals surface area contributed by atoms with Gasteiger partial charge in [-0.05, 0) is 26.0 Å². The minimum absolute atomic E-state index is 0.0784. The monoisotopic (exact) mass is 280 g/mol. The fourth-order valence-electron chi connectivity index (χ4n) is 1.83. The predicted octanol–water partition coefficient (Wildman–Crippen LogP) is 1.96. The maximum atomic E-state index is 12.2. The van der Waals surface area contributed by atoms with Crippen LogP contribution in [-0.4, -0.2) is 43.4 Å². The Bertz CT molecular complexity index is 500. The minimum Gasteiger partial charge on any atom is -0.478 e. The number of carboxylic acids is 1. The van der Waals surface area contributed by atoms with E-state index >= 15 is 0 Å². The minimum atomic E-state index is -1.07. The van der Waals surface area contributed by atoms with E-state index < -0.39 is 11.5 Å². The molecule has 0 heterocycles. The molecule has 1 aromatic carbocycles. The van der Waals surface area contributed by atoms with Crippen LogP contribution < -0.4 is 10.2 Å². The molecule has 0 fully saturated rings. The zero-order valence-electron chi connectivity index (χ0n) is 12.1. The third kappa shape index (κ3) is 3.96. The van der Waals surface area contributed by atoms with Crippen molar-refractivity contribution in [3.63, 3.8) is 0 Å². The van der Waals surface area contributed by atoms with Crippen LogP contribution in [0.2, 0.25) is 0 Å². The van der Waals surface area contributed by atoms with E-state index in [0.29, 0.717) is 12.3 Å². The van der Waals surface area contributed by atoms with Gasteiger partial charge < -0.3 is 15.2 Å². The maximum absolute atomic E-state index is 12.2. The van der Waals surface area contributed by atoms with Crippen LogP contribution in [0, 0.1) is 0 Å².